The van der Waals surface area contributed by atoms with E-state index in [4.69, 9.17) is 4.74 Å². The molecule has 5 nitrogen and oxygen atoms in total. The fourth-order valence-corrected chi connectivity index (χ4v) is 4.76. The Kier molecular flexibility index (Phi) is 8.83. The first-order valence-corrected chi connectivity index (χ1v) is 12.0. The van der Waals surface area contributed by atoms with Gasteiger partial charge in [-0.1, -0.05) is 50.1 Å². The average molecular weight is 441 g/mol. The number of carbonyl (C=O) groups is 2. The largest absolute Gasteiger partial charge is 0.497 e. The number of ether oxygens (including phenoxy) is 1. The molecule has 2 aromatic rings. The van der Waals surface area contributed by atoms with Gasteiger partial charge in [0.1, 0.15) is 11.8 Å². The van der Waals surface area contributed by atoms with E-state index < -0.39 is 6.04 Å². The number of nitrogens with zero attached hydrogens (tertiary/aromatic N) is 1. The van der Waals surface area contributed by atoms with Crippen molar-refractivity contribution < 1.29 is 14.3 Å². The zero-order valence-corrected chi connectivity index (χ0v) is 19.2. The lowest BCUT2D eigenvalue weighted by Crippen LogP contribution is -2.51. The van der Waals surface area contributed by atoms with Gasteiger partial charge in [-0.2, -0.15) is 0 Å². The number of carbonyl (C=O) groups excluding carboxylic acids is 2. The van der Waals surface area contributed by atoms with Crippen molar-refractivity contribution in [3.8, 4) is 5.75 Å². The Morgan fingerprint density at radius 3 is 2.39 bits per heavy atom. The van der Waals surface area contributed by atoms with Gasteiger partial charge >= 0.3 is 0 Å². The average Bonchev–Trinajstić information content (AvgIpc) is 3.31. The normalized spacial score (nSPS) is 14.8. The van der Waals surface area contributed by atoms with Crippen LogP contribution in [0.4, 0.5) is 0 Å². The minimum Gasteiger partial charge on any atom is -0.497 e. The Labute approximate surface area is 189 Å². The lowest BCUT2D eigenvalue weighted by Gasteiger charge is -2.31. The monoisotopic (exact) mass is 440 g/mol. The number of hydrogen-bond donors (Lipinski definition) is 1. The van der Waals surface area contributed by atoms with Crippen molar-refractivity contribution >= 4 is 23.6 Å². The van der Waals surface area contributed by atoms with Crippen LogP contribution in [0.25, 0.3) is 0 Å². The molecule has 2 amide bonds. The molecule has 0 radical (unpaired) electrons. The molecule has 0 unspecified atom stereocenters. The summed E-state index contributed by atoms with van der Waals surface area (Å²) >= 11 is 1.50. The molecule has 166 valence electrons. The number of methoxy groups -OCH3 is 1. The predicted octanol–water partition coefficient (Wildman–Crippen LogP) is 4.65. The van der Waals surface area contributed by atoms with E-state index in [2.05, 4.69) is 5.32 Å². The second-order valence-corrected chi connectivity index (χ2v) is 8.93. The van der Waals surface area contributed by atoms with Crippen molar-refractivity contribution in [3.63, 3.8) is 0 Å². The van der Waals surface area contributed by atoms with E-state index in [9.17, 15) is 9.59 Å². The summed E-state index contributed by atoms with van der Waals surface area (Å²) in [4.78, 5) is 29.2. The smallest absolute Gasteiger partial charge is 0.243 e. The highest BCUT2D eigenvalue weighted by Gasteiger charge is 2.30. The molecule has 1 saturated carbocycles. The standard InChI is InChI=1S/C25H32N2O3S/c1-3-23(25(29)26-20-9-7-8-10-20)27(17-19-13-15-21(30-2)16-14-19)24(28)18-31-22-11-5-4-6-12-22/h4-6,11-16,20,23H,3,7-10,17-18H2,1-2H3,(H,26,29)/t23-/m1/s1. The number of rotatable bonds is 10. The highest BCUT2D eigenvalue weighted by atomic mass is 32.2. The molecule has 31 heavy (non-hydrogen) atoms. The minimum absolute atomic E-state index is 0.0295. The molecule has 0 spiro atoms. The fraction of sp³-hybridized carbons (Fsp3) is 0.440. The molecule has 1 aliphatic rings. The molecule has 0 heterocycles. The molecule has 0 bridgehead atoms. The van der Waals surface area contributed by atoms with Crippen LogP contribution >= 0.6 is 11.8 Å². The topological polar surface area (TPSA) is 58.6 Å². The summed E-state index contributed by atoms with van der Waals surface area (Å²) in [6, 6.07) is 17.3. The van der Waals surface area contributed by atoms with Gasteiger partial charge in [0.25, 0.3) is 0 Å². The van der Waals surface area contributed by atoms with Gasteiger partial charge in [0.15, 0.2) is 0 Å². The maximum Gasteiger partial charge on any atom is 0.243 e. The lowest BCUT2D eigenvalue weighted by molar-refractivity contribution is -0.139. The van der Waals surface area contributed by atoms with Crippen molar-refractivity contribution in [1.29, 1.82) is 0 Å². The maximum atomic E-state index is 13.3. The van der Waals surface area contributed by atoms with E-state index in [1.54, 1.807) is 12.0 Å². The number of benzene rings is 2. The van der Waals surface area contributed by atoms with Gasteiger partial charge in [0, 0.05) is 17.5 Å². The van der Waals surface area contributed by atoms with Crippen LogP contribution in [-0.4, -0.2) is 41.7 Å². The van der Waals surface area contributed by atoms with Crippen LogP contribution in [0.1, 0.15) is 44.6 Å². The SMILES string of the molecule is CC[C@H](C(=O)NC1CCCC1)N(Cc1ccc(OC)cc1)C(=O)CSc1ccccc1. The van der Waals surface area contributed by atoms with Gasteiger partial charge in [-0.3, -0.25) is 9.59 Å². The summed E-state index contributed by atoms with van der Waals surface area (Å²) in [5.41, 5.74) is 0.978. The Hall–Kier alpha value is -2.47. The molecule has 0 aromatic heterocycles. The Morgan fingerprint density at radius 1 is 1.10 bits per heavy atom. The van der Waals surface area contributed by atoms with Crippen LogP contribution < -0.4 is 10.1 Å². The lowest BCUT2D eigenvalue weighted by atomic mass is 10.1. The first kappa shape index (κ1) is 23.2. The van der Waals surface area contributed by atoms with Gasteiger partial charge in [-0.05, 0) is 49.1 Å². The van der Waals surface area contributed by atoms with Crippen LogP contribution in [0, 0.1) is 0 Å². The summed E-state index contributed by atoms with van der Waals surface area (Å²) in [6.07, 6.45) is 4.95. The van der Waals surface area contributed by atoms with E-state index in [1.807, 2.05) is 61.5 Å². The van der Waals surface area contributed by atoms with Gasteiger partial charge < -0.3 is 15.0 Å². The molecule has 0 aliphatic heterocycles. The molecule has 1 atom stereocenters. The minimum atomic E-state index is -0.480. The Morgan fingerprint density at radius 2 is 1.77 bits per heavy atom. The molecule has 1 fully saturated rings. The molecule has 6 heteroatoms. The number of hydrogen-bond acceptors (Lipinski definition) is 4. The van der Waals surface area contributed by atoms with Crippen molar-refractivity contribution in [3.05, 3.63) is 60.2 Å². The zero-order chi connectivity index (χ0) is 22.1. The van der Waals surface area contributed by atoms with Gasteiger partial charge in [-0.15, -0.1) is 11.8 Å². The first-order valence-electron chi connectivity index (χ1n) is 11.0. The van der Waals surface area contributed by atoms with Crippen LogP contribution in [0.15, 0.2) is 59.5 Å². The summed E-state index contributed by atoms with van der Waals surface area (Å²) in [6.45, 7) is 2.37. The molecule has 0 saturated heterocycles. The number of amides is 2. The van der Waals surface area contributed by atoms with E-state index in [0.29, 0.717) is 18.7 Å². The Bertz CT molecular complexity index is 836. The van der Waals surface area contributed by atoms with Gasteiger partial charge in [0.05, 0.1) is 12.9 Å². The molecular weight excluding hydrogens is 408 g/mol. The quantitative estimate of drug-likeness (QED) is 0.546. The van der Waals surface area contributed by atoms with Gasteiger partial charge in [-0.25, -0.2) is 0 Å². The summed E-state index contributed by atoms with van der Waals surface area (Å²) in [5, 5.41) is 3.18. The van der Waals surface area contributed by atoms with Crippen LogP contribution in [-0.2, 0) is 16.1 Å². The summed E-state index contributed by atoms with van der Waals surface area (Å²) in [5.74, 6) is 0.999. The zero-order valence-electron chi connectivity index (χ0n) is 18.4. The fourth-order valence-electron chi connectivity index (χ4n) is 3.96. The van der Waals surface area contributed by atoms with E-state index >= 15 is 0 Å². The third-order valence-electron chi connectivity index (χ3n) is 5.70. The molecule has 1 aliphatic carbocycles. The van der Waals surface area contributed by atoms with Crippen molar-refractivity contribution in [2.75, 3.05) is 12.9 Å². The highest BCUT2D eigenvalue weighted by molar-refractivity contribution is 8.00. The molecule has 1 N–H and O–H groups in total. The molecule has 2 aromatic carbocycles. The van der Waals surface area contributed by atoms with Crippen molar-refractivity contribution in [2.45, 2.75) is 62.6 Å². The second kappa shape index (κ2) is 11.8. The number of nitrogens with one attached hydrogen (secondary N) is 1. The molecular formula is C25H32N2O3S. The predicted molar refractivity (Wildman–Crippen MR) is 125 cm³/mol. The van der Waals surface area contributed by atoms with Crippen LogP contribution in [0.3, 0.4) is 0 Å². The third kappa shape index (κ3) is 6.76. The van der Waals surface area contributed by atoms with Crippen molar-refractivity contribution in [2.24, 2.45) is 0 Å². The highest BCUT2D eigenvalue weighted by Crippen LogP contribution is 2.22. The summed E-state index contributed by atoms with van der Waals surface area (Å²) in [7, 11) is 1.63. The number of thioether (sulfide) groups is 1. The second-order valence-electron chi connectivity index (χ2n) is 7.89. The van der Waals surface area contributed by atoms with Crippen LogP contribution in [0.2, 0.25) is 0 Å². The van der Waals surface area contributed by atoms with Gasteiger partial charge in [0.2, 0.25) is 11.8 Å². The van der Waals surface area contributed by atoms with Crippen LogP contribution in [0.5, 0.6) is 5.75 Å². The Balaban J connectivity index is 1.74. The van der Waals surface area contributed by atoms with E-state index in [1.165, 1.54) is 11.8 Å². The maximum absolute atomic E-state index is 13.3. The first-order chi connectivity index (χ1) is 15.1. The molecule has 3 rings (SSSR count). The third-order valence-corrected chi connectivity index (χ3v) is 6.70. The summed E-state index contributed by atoms with van der Waals surface area (Å²) < 4.78 is 5.24. The van der Waals surface area contributed by atoms with E-state index in [0.717, 1.165) is 41.9 Å². The van der Waals surface area contributed by atoms with E-state index in [-0.39, 0.29) is 17.9 Å². The van der Waals surface area contributed by atoms with Crippen molar-refractivity contribution in [1.82, 2.24) is 10.2 Å².